The molecule has 0 aliphatic heterocycles. The number of amides is 1. The number of aryl methyl sites for hydroxylation is 1. The van der Waals surface area contributed by atoms with Crippen LogP contribution in [0.3, 0.4) is 0 Å². The number of anilines is 1. The molecule has 1 saturated carbocycles. The van der Waals surface area contributed by atoms with Crippen molar-refractivity contribution in [3.8, 4) is 0 Å². The fourth-order valence-electron chi connectivity index (χ4n) is 1.40. The van der Waals surface area contributed by atoms with E-state index in [1.165, 1.54) is 0 Å². The van der Waals surface area contributed by atoms with E-state index in [2.05, 4.69) is 10.4 Å². The first-order valence-electron chi connectivity index (χ1n) is 4.53. The molecule has 15 heavy (non-hydrogen) atoms. The van der Waals surface area contributed by atoms with E-state index in [0.29, 0.717) is 12.1 Å². The summed E-state index contributed by atoms with van der Waals surface area (Å²) in [4.78, 5) is 11.8. The molecule has 4 nitrogen and oxygen atoms in total. The average molecular weight is 248 g/mol. The first-order valence-corrected chi connectivity index (χ1v) is 5.29. The Bertz CT molecular complexity index is 415. The highest BCUT2D eigenvalue weighted by atomic mass is 35.5. The molecule has 1 fully saturated rings. The number of rotatable bonds is 2. The van der Waals surface area contributed by atoms with E-state index in [4.69, 9.17) is 23.2 Å². The first kappa shape index (κ1) is 10.8. The van der Waals surface area contributed by atoms with Gasteiger partial charge >= 0.3 is 0 Å². The molecule has 6 heteroatoms. The lowest BCUT2D eigenvalue weighted by molar-refractivity contribution is -0.120. The van der Waals surface area contributed by atoms with E-state index in [1.54, 1.807) is 31.0 Å². The number of aromatic nitrogens is 2. The van der Waals surface area contributed by atoms with Gasteiger partial charge in [0.15, 0.2) is 0 Å². The van der Waals surface area contributed by atoms with Crippen LogP contribution < -0.4 is 5.32 Å². The van der Waals surface area contributed by atoms with E-state index in [9.17, 15) is 4.79 Å². The Kier molecular flexibility index (Phi) is 2.24. The van der Waals surface area contributed by atoms with Crippen LogP contribution >= 0.6 is 23.2 Å². The zero-order chi connectivity index (χ0) is 11.3. The topological polar surface area (TPSA) is 46.9 Å². The molecule has 1 unspecified atom stereocenters. The molecular weight excluding hydrogens is 237 g/mol. The van der Waals surface area contributed by atoms with E-state index in [-0.39, 0.29) is 5.91 Å². The quantitative estimate of drug-likeness (QED) is 0.813. The number of nitrogens with one attached hydrogen (secondary N) is 1. The van der Waals surface area contributed by atoms with Crippen molar-refractivity contribution in [1.29, 1.82) is 0 Å². The maximum Gasteiger partial charge on any atom is 0.233 e. The number of halogens is 2. The highest BCUT2D eigenvalue weighted by Gasteiger charge is 2.67. The number of carbonyl (C=O) groups excluding carboxylic acids is 1. The smallest absolute Gasteiger partial charge is 0.233 e. The van der Waals surface area contributed by atoms with Gasteiger partial charge in [0, 0.05) is 13.2 Å². The first-order chi connectivity index (χ1) is 6.85. The predicted octanol–water partition coefficient (Wildman–Crippen LogP) is 1.94. The van der Waals surface area contributed by atoms with Gasteiger partial charge in [0.25, 0.3) is 0 Å². The van der Waals surface area contributed by atoms with Crippen LogP contribution in [-0.2, 0) is 11.8 Å². The second kappa shape index (κ2) is 3.12. The second-order valence-electron chi connectivity index (χ2n) is 4.07. The molecule has 1 aromatic rings. The Labute approximate surface area is 97.5 Å². The summed E-state index contributed by atoms with van der Waals surface area (Å²) in [5.41, 5.74) is -0.0360. The number of hydrogen-bond donors (Lipinski definition) is 1. The van der Waals surface area contributed by atoms with Gasteiger partial charge in [0.1, 0.15) is 4.33 Å². The van der Waals surface area contributed by atoms with Crippen LogP contribution in [0.1, 0.15) is 13.3 Å². The standard InChI is InChI=1S/C9H11Cl2N3O/c1-8(5-9(8,10)11)7(15)13-6-3-12-14(2)4-6/h3-4H,5H2,1-2H3,(H,13,15). The van der Waals surface area contributed by atoms with Crippen LogP contribution in [0.5, 0.6) is 0 Å². The van der Waals surface area contributed by atoms with Crippen molar-refractivity contribution in [3.63, 3.8) is 0 Å². The van der Waals surface area contributed by atoms with Crippen LogP contribution in [0.2, 0.25) is 0 Å². The summed E-state index contributed by atoms with van der Waals surface area (Å²) in [7, 11) is 1.78. The normalized spacial score (nSPS) is 27.5. The van der Waals surface area contributed by atoms with Crippen LogP contribution in [0.4, 0.5) is 5.69 Å². The molecule has 82 valence electrons. The molecule has 0 bridgehead atoms. The Balaban J connectivity index is 2.06. The molecule has 1 aliphatic rings. The second-order valence-corrected chi connectivity index (χ2v) is 5.55. The van der Waals surface area contributed by atoms with Gasteiger partial charge in [-0.2, -0.15) is 5.10 Å². The lowest BCUT2D eigenvalue weighted by atomic mass is 10.1. The zero-order valence-electron chi connectivity index (χ0n) is 8.42. The Hall–Kier alpha value is -0.740. The van der Waals surface area contributed by atoms with Gasteiger partial charge in [0.2, 0.25) is 5.91 Å². The van der Waals surface area contributed by atoms with E-state index in [0.717, 1.165) is 0 Å². The molecule has 0 aromatic carbocycles. The summed E-state index contributed by atoms with van der Waals surface area (Å²) in [6.45, 7) is 1.75. The molecule has 0 spiro atoms. The van der Waals surface area contributed by atoms with Crippen LogP contribution in [0.25, 0.3) is 0 Å². The largest absolute Gasteiger partial charge is 0.323 e. The predicted molar refractivity (Wildman–Crippen MR) is 59.0 cm³/mol. The SMILES string of the molecule is Cn1cc(NC(=O)C2(C)CC2(Cl)Cl)cn1. The third-order valence-electron chi connectivity index (χ3n) is 2.72. The van der Waals surface area contributed by atoms with Crippen molar-refractivity contribution in [1.82, 2.24) is 9.78 Å². The van der Waals surface area contributed by atoms with Crippen LogP contribution in [0.15, 0.2) is 12.4 Å². The molecule has 1 aromatic heterocycles. The fraction of sp³-hybridized carbons (Fsp3) is 0.556. The Morgan fingerprint density at radius 2 is 2.27 bits per heavy atom. The highest BCUT2D eigenvalue weighted by Crippen LogP contribution is 2.64. The molecule has 0 radical (unpaired) electrons. The summed E-state index contributed by atoms with van der Waals surface area (Å²) < 4.78 is 0.679. The fourth-order valence-corrected chi connectivity index (χ4v) is 2.11. The van der Waals surface area contributed by atoms with Gasteiger partial charge in [-0.15, -0.1) is 23.2 Å². The van der Waals surface area contributed by atoms with Crippen molar-refractivity contribution in [2.24, 2.45) is 12.5 Å². The minimum atomic E-state index is -0.931. The highest BCUT2D eigenvalue weighted by molar-refractivity contribution is 6.53. The average Bonchev–Trinajstić information content (AvgIpc) is 2.47. The molecule has 0 saturated heterocycles. The van der Waals surface area contributed by atoms with E-state index >= 15 is 0 Å². The Morgan fingerprint density at radius 3 is 2.67 bits per heavy atom. The van der Waals surface area contributed by atoms with Gasteiger partial charge < -0.3 is 5.32 Å². The third kappa shape index (κ3) is 1.72. The minimum absolute atomic E-state index is 0.166. The molecule has 1 heterocycles. The monoisotopic (exact) mass is 247 g/mol. The van der Waals surface area contributed by atoms with Crippen molar-refractivity contribution >= 4 is 34.8 Å². The van der Waals surface area contributed by atoms with Crippen molar-refractivity contribution in [3.05, 3.63) is 12.4 Å². The summed E-state index contributed by atoms with van der Waals surface area (Å²) in [6.07, 6.45) is 3.77. The number of hydrogen-bond acceptors (Lipinski definition) is 2. The van der Waals surface area contributed by atoms with Gasteiger partial charge in [-0.3, -0.25) is 9.48 Å². The number of alkyl halides is 2. The van der Waals surface area contributed by atoms with Crippen LogP contribution in [-0.4, -0.2) is 20.0 Å². The van der Waals surface area contributed by atoms with E-state index in [1.807, 2.05) is 0 Å². The lowest BCUT2D eigenvalue weighted by Gasteiger charge is -2.10. The van der Waals surface area contributed by atoms with Gasteiger partial charge in [-0.25, -0.2) is 0 Å². The number of carbonyl (C=O) groups is 1. The summed E-state index contributed by atoms with van der Waals surface area (Å²) in [5, 5.41) is 6.67. The molecular formula is C9H11Cl2N3O. The molecule has 1 atom stereocenters. The molecule has 1 aliphatic carbocycles. The molecule has 1 amide bonds. The summed E-state index contributed by atoms with van der Waals surface area (Å²) in [6, 6.07) is 0. The molecule has 1 N–H and O–H groups in total. The lowest BCUT2D eigenvalue weighted by Crippen LogP contribution is -2.25. The maximum absolute atomic E-state index is 11.8. The summed E-state index contributed by atoms with van der Waals surface area (Å²) in [5.74, 6) is -0.166. The zero-order valence-corrected chi connectivity index (χ0v) is 9.93. The van der Waals surface area contributed by atoms with Crippen molar-refractivity contribution in [2.45, 2.75) is 17.7 Å². The van der Waals surface area contributed by atoms with Crippen molar-refractivity contribution in [2.75, 3.05) is 5.32 Å². The minimum Gasteiger partial charge on any atom is -0.323 e. The van der Waals surface area contributed by atoms with Crippen LogP contribution in [0, 0.1) is 5.41 Å². The Morgan fingerprint density at radius 1 is 1.67 bits per heavy atom. The summed E-state index contributed by atoms with van der Waals surface area (Å²) >= 11 is 11.8. The van der Waals surface area contributed by atoms with Crippen molar-refractivity contribution < 1.29 is 4.79 Å². The van der Waals surface area contributed by atoms with Gasteiger partial charge in [-0.05, 0) is 13.3 Å². The maximum atomic E-state index is 11.8. The number of nitrogens with zero attached hydrogens (tertiary/aromatic N) is 2. The molecule has 2 rings (SSSR count). The third-order valence-corrected chi connectivity index (χ3v) is 3.82. The van der Waals surface area contributed by atoms with E-state index < -0.39 is 9.75 Å². The van der Waals surface area contributed by atoms with Gasteiger partial charge in [0.05, 0.1) is 17.3 Å². The van der Waals surface area contributed by atoms with Gasteiger partial charge in [-0.1, -0.05) is 0 Å².